The summed E-state index contributed by atoms with van der Waals surface area (Å²) in [5, 5.41) is 0. The van der Waals surface area contributed by atoms with Crippen molar-refractivity contribution in [2.24, 2.45) is 11.1 Å². The third-order valence-corrected chi connectivity index (χ3v) is 3.35. The van der Waals surface area contributed by atoms with E-state index in [0.717, 1.165) is 6.42 Å². The lowest BCUT2D eigenvalue weighted by atomic mass is 9.94. The van der Waals surface area contributed by atoms with Crippen LogP contribution in [-0.4, -0.2) is 38.6 Å². The average Bonchev–Trinajstić information content (AvgIpc) is 2.02. The molecule has 0 aliphatic carbocycles. The van der Waals surface area contributed by atoms with Gasteiger partial charge in [0, 0.05) is 13.1 Å². The minimum absolute atomic E-state index is 0.155. The van der Waals surface area contributed by atoms with Crippen molar-refractivity contribution in [2.45, 2.75) is 27.2 Å². The van der Waals surface area contributed by atoms with Crippen molar-refractivity contribution >= 4 is 10.0 Å². The van der Waals surface area contributed by atoms with Gasteiger partial charge in [0.2, 0.25) is 10.0 Å². The van der Waals surface area contributed by atoms with Crippen molar-refractivity contribution in [3.8, 4) is 0 Å². The number of rotatable bonds is 6. The van der Waals surface area contributed by atoms with E-state index in [1.54, 1.807) is 0 Å². The predicted molar refractivity (Wildman–Crippen MR) is 59.5 cm³/mol. The van der Waals surface area contributed by atoms with Gasteiger partial charge in [-0.25, -0.2) is 12.7 Å². The van der Waals surface area contributed by atoms with Gasteiger partial charge in [-0.15, -0.1) is 0 Å². The molecule has 0 heterocycles. The zero-order valence-corrected chi connectivity index (χ0v) is 10.4. The van der Waals surface area contributed by atoms with Gasteiger partial charge in [0.25, 0.3) is 0 Å². The lowest BCUT2D eigenvalue weighted by Crippen LogP contribution is -2.41. The molecular weight excluding hydrogens is 200 g/mol. The topological polar surface area (TPSA) is 63.4 Å². The van der Waals surface area contributed by atoms with Gasteiger partial charge in [-0.05, 0) is 18.4 Å². The summed E-state index contributed by atoms with van der Waals surface area (Å²) in [6, 6.07) is 0. The van der Waals surface area contributed by atoms with Crippen LogP contribution in [0.1, 0.15) is 27.2 Å². The Morgan fingerprint density at radius 2 is 1.86 bits per heavy atom. The molecule has 2 N–H and O–H groups in total. The fourth-order valence-corrected chi connectivity index (χ4v) is 2.25. The van der Waals surface area contributed by atoms with Crippen LogP contribution >= 0.6 is 0 Å². The van der Waals surface area contributed by atoms with Gasteiger partial charge in [0.1, 0.15) is 0 Å². The van der Waals surface area contributed by atoms with Gasteiger partial charge < -0.3 is 5.73 Å². The molecule has 0 rings (SSSR count). The van der Waals surface area contributed by atoms with E-state index < -0.39 is 10.0 Å². The van der Waals surface area contributed by atoms with Crippen molar-refractivity contribution in [1.29, 1.82) is 0 Å². The summed E-state index contributed by atoms with van der Waals surface area (Å²) in [6.45, 7) is 7.47. The third-order valence-electron chi connectivity index (χ3n) is 2.10. The molecule has 0 aliphatic heterocycles. The second kappa shape index (κ2) is 5.09. The van der Waals surface area contributed by atoms with Crippen LogP contribution < -0.4 is 5.73 Å². The number of nitrogens with zero attached hydrogens (tertiary/aromatic N) is 1. The minimum Gasteiger partial charge on any atom is -0.330 e. The molecule has 4 nitrogen and oxygen atoms in total. The highest BCUT2D eigenvalue weighted by molar-refractivity contribution is 7.88. The van der Waals surface area contributed by atoms with Crippen molar-refractivity contribution < 1.29 is 8.42 Å². The van der Waals surface area contributed by atoms with E-state index in [1.807, 2.05) is 20.8 Å². The molecule has 0 saturated heterocycles. The van der Waals surface area contributed by atoms with Gasteiger partial charge in [-0.3, -0.25) is 0 Å². The Bertz CT molecular complexity index is 260. The lowest BCUT2D eigenvalue weighted by Gasteiger charge is -2.29. The van der Waals surface area contributed by atoms with Gasteiger partial charge in [-0.1, -0.05) is 20.8 Å². The van der Waals surface area contributed by atoms with E-state index >= 15 is 0 Å². The normalized spacial score (nSPS) is 13.6. The zero-order valence-electron chi connectivity index (χ0n) is 9.58. The van der Waals surface area contributed by atoms with E-state index in [4.69, 9.17) is 5.73 Å². The third kappa shape index (κ3) is 4.93. The highest BCUT2D eigenvalue weighted by Gasteiger charge is 2.24. The quantitative estimate of drug-likeness (QED) is 0.717. The summed E-state index contributed by atoms with van der Waals surface area (Å²) in [5.74, 6) is 0. The Labute approximate surface area is 87.5 Å². The monoisotopic (exact) mass is 222 g/mol. The summed E-state index contributed by atoms with van der Waals surface area (Å²) in [7, 11) is -3.09. The van der Waals surface area contributed by atoms with Gasteiger partial charge in [0.05, 0.1) is 6.26 Å². The largest absolute Gasteiger partial charge is 0.330 e. The van der Waals surface area contributed by atoms with E-state index in [1.165, 1.54) is 10.6 Å². The second-order valence-corrected chi connectivity index (χ2v) is 6.45. The first-order valence-electron chi connectivity index (χ1n) is 4.88. The first-order chi connectivity index (χ1) is 6.23. The van der Waals surface area contributed by atoms with Crippen molar-refractivity contribution in [2.75, 3.05) is 25.9 Å². The molecule has 0 amide bonds. The molecule has 0 saturated carbocycles. The molecule has 0 bridgehead atoms. The maximum atomic E-state index is 11.4. The summed E-state index contributed by atoms with van der Waals surface area (Å²) in [5.41, 5.74) is 5.42. The molecule has 0 unspecified atom stereocenters. The van der Waals surface area contributed by atoms with Crippen LogP contribution in [0.5, 0.6) is 0 Å². The number of nitrogens with two attached hydrogens (primary N) is 1. The van der Waals surface area contributed by atoms with E-state index in [2.05, 4.69) is 0 Å². The van der Waals surface area contributed by atoms with Crippen LogP contribution in [0.2, 0.25) is 0 Å². The fourth-order valence-electron chi connectivity index (χ4n) is 1.15. The Morgan fingerprint density at radius 1 is 1.36 bits per heavy atom. The standard InChI is InChI=1S/C9H22N2O2S/c1-5-6-11(14(4,12)13)8-9(2,3)7-10/h5-8,10H2,1-4H3. The van der Waals surface area contributed by atoms with Gasteiger partial charge in [0.15, 0.2) is 0 Å². The van der Waals surface area contributed by atoms with Crippen molar-refractivity contribution in [1.82, 2.24) is 4.31 Å². The molecule has 0 atom stereocenters. The summed E-state index contributed by atoms with van der Waals surface area (Å²) >= 11 is 0. The maximum Gasteiger partial charge on any atom is 0.211 e. The Hall–Kier alpha value is -0.130. The van der Waals surface area contributed by atoms with E-state index in [0.29, 0.717) is 19.6 Å². The second-order valence-electron chi connectivity index (χ2n) is 4.46. The highest BCUT2D eigenvalue weighted by Crippen LogP contribution is 2.16. The van der Waals surface area contributed by atoms with Crippen LogP contribution in [0.15, 0.2) is 0 Å². The van der Waals surface area contributed by atoms with E-state index in [-0.39, 0.29) is 5.41 Å². The zero-order chi connectivity index (χ0) is 11.4. The molecule has 0 fully saturated rings. The Kier molecular flexibility index (Phi) is 5.05. The molecule has 86 valence electrons. The smallest absolute Gasteiger partial charge is 0.211 e. The molecule has 0 radical (unpaired) electrons. The molecule has 0 aliphatic rings. The number of sulfonamides is 1. The molecule has 0 aromatic heterocycles. The van der Waals surface area contributed by atoms with Crippen molar-refractivity contribution in [3.05, 3.63) is 0 Å². The minimum atomic E-state index is -3.09. The van der Waals surface area contributed by atoms with Crippen LogP contribution in [0.25, 0.3) is 0 Å². The SMILES string of the molecule is CCCN(CC(C)(C)CN)S(C)(=O)=O. The molecule has 5 heteroatoms. The number of hydrogen-bond acceptors (Lipinski definition) is 3. The van der Waals surface area contributed by atoms with Crippen LogP contribution in [0, 0.1) is 5.41 Å². The van der Waals surface area contributed by atoms with Crippen LogP contribution in [0.3, 0.4) is 0 Å². The average molecular weight is 222 g/mol. The summed E-state index contributed by atoms with van der Waals surface area (Å²) < 4.78 is 24.3. The van der Waals surface area contributed by atoms with Gasteiger partial charge in [-0.2, -0.15) is 0 Å². The first kappa shape index (κ1) is 13.9. The highest BCUT2D eigenvalue weighted by atomic mass is 32.2. The summed E-state index contributed by atoms with van der Waals surface area (Å²) in [4.78, 5) is 0. The Morgan fingerprint density at radius 3 is 2.14 bits per heavy atom. The van der Waals surface area contributed by atoms with Gasteiger partial charge >= 0.3 is 0 Å². The molecule has 14 heavy (non-hydrogen) atoms. The lowest BCUT2D eigenvalue weighted by molar-refractivity contribution is 0.267. The van der Waals surface area contributed by atoms with Crippen LogP contribution in [0.4, 0.5) is 0 Å². The predicted octanol–water partition coefficient (Wildman–Crippen LogP) is 0.643. The molecule has 0 aromatic carbocycles. The maximum absolute atomic E-state index is 11.4. The van der Waals surface area contributed by atoms with E-state index in [9.17, 15) is 8.42 Å². The first-order valence-corrected chi connectivity index (χ1v) is 6.73. The van der Waals surface area contributed by atoms with Crippen molar-refractivity contribution in [3.63, 3.8) is 0 Å². The number of hydrogen-bond donors (Lipinski definition) is 1. The summed E-state index contributed by atoms with van der Waals surface area (Å²) in [6.07, 6.45) is 2.07. The fraction of sp³-hybridized carbons (Fsp3) is 1.00. The molecular formula is C9H22N2O2S. The van der Waals surface area contributed by atoms with Crippen LogP contribution in [-0.2, 0) is 10.0 Å². The molecule has 0 aromatic rings. The molecule has 0 spiro atoms. The Balaban J connectivity index is 4.55.